The van der Waals surface area contributed by atoms with E-state index in [0.717, 1.165) is 6.42 Å². The van der Waals surface area contributed by atoms with Crippen LogP contribution in [0.25, 0.3) is 0 Å². The molecule has 114 valence electrons. The highest BCUT2D eigenvalue weighted by Gasteiger charge is 2.47. The van der Waals surface area contributed by atoms with E-state index in [0.29, 0.717) is 12.0 Å². The monoisotopic (exact) mass is 276 g/mol. The fourth-order valence-corrected chi connectivity index (χ4v) is 4.47. The minimum Gasteiger partial charge on any atom is -0.296 e. The number of nitrogens with one attached hydrogen (secondary N) is 1. The standard InChI is InChI=1S/C18H32N2/c1-17(2,3)16-12-8-9-13-18(16,14-19)20-15-10-6-4-5-7-11-15/h15-16,20H,4-13H2,1-3H3. The van der Waals surface area contributed by atoms with Crippen LogP contribution in [0.3, 0.4) is 0 Å². The highest BCUT2D eigenvalue weighted by atomic mass is 15.0. The lowest BCUT2D eigenvalue weighted by Crippen LogP contribution is -2.58. The van der Waals surface area contributed by atoms with Crippen molar-refractivity contribution in [2.75, 3.05) is 0 Å². The van der Waals surface area contributed by atoms with Crippen LogP contribution >= 0.6 is 0 Å². The number of nitrogens with zero attached hydrogens (tertiary/aromatic N) is 1. The molecule has 0 spiro atoms. The van der Waals surface area contributed by atoms with Gasteiger partial charge in [-0.3, -0.25) is 5.32 Å². The maximum atomic E-state index is 9.96. The zero-order valence-electron chi connectivity index (χ0n) is 13.7. The molecule has 2 heteroatoms. The van der Waals surface area contributed by atoms with Gasteiger partial charge < -0.3 is 0 Å². The Balaban J connectivity index is 2.15. The third kappa shape index (κ3) is 3.55. The number of hydrogen-bond acceptors (Lipinski definition) is 2. The van der Waals surface area contributed by atoms with Crippen molar-refractivity contribution in [2.45, 2.75) is 96.6 Å². The molecule has 0 radical (unpaired) electrons. The lowest BCUT2D eigenvalue weighted by molar-refractivity contribution is 0.0771. The molecule has 0 bridgehead atoms. The lowest BCUT2D eigenvalue weighted by Gasteiger charge is -2.48. The van der Waals surface area contributed by atoms with Crippen LogP contribution in [0, 0.1) is 22.7 Å². The predicted octanol–water partition coefficient (Wildman–Crippen LogP) is 4.80. The largest absolute Gasteiger partial charge is 0.296 e. The van der Waals surface area contributed by atoms with E-state index in [1.54, 1.807) is 0 Å². The average molecular weight is 276 g/mol. The van der Waals surface area contributed by atoms with E-state index in [4.69, 9.17) is 0 Å². The Labute approximate surface area is 125 Å². The molecule has 1 N–H and O–H groups in total. The lowest BCUT2D eigenvalue weighted by atomic mass is 9.62. The SMILES string of the molecule is CC(C)(C)C1CCCCC1(C#N)NC1CCCCCC1. The van der Waals surface area contributed by atoms with Crippen LogP contribution in [0.2, 0.25) is 0 Å². The fourth-order valence-electron chi connectivity index (χ4n) is 4.47. The van der Waals surface area contributed by atoms with Crippen LogP contribution in [-0.2, 0) is 0 Å². The molecule has 0 aliphatic heterocycles. The Morgan fingerprint density at radius 3 is 2.10 bits per heavy atom. The van der Waals surface area contributed by atoms with Crippen LogP contribution < -0.4 is 5.32 Å². The summed E-state index contributed by atoms with van der Waals surface area (Å²) in [7, 11) is 0. The van der Waals surface area contributed by atoms with E-state index >= 15 is 0 Å². The molecule has 2 rings (SSSR count). The third-order valence-electron chi connectivity index (χ3n) is 5.47. The summed E-state index contributed by atoms with van der Waals surface area (Å²) in [6.07, 6.45) is 12.7. The van der Waals surface area contributed by atoms with Crippen molar-refractivity contribution >= 4 is 0 Å². The molecule has 2 nitrogen and oxygen atoms in total. The summed E-state index contributed by atoms with van der Waals surface area (Å²) in [5, 5.41) is 13.8. The third-order valence-corrected chi connectivity index (χ3v) is 5.47. The van der Waals surface area contributed by atoms with E-state index in [1.807, 2.05) is 0 Å². The van der Waals surface area contributed by atoms with E-state index in [1.165, 1.54) is 57.8 Å². The highest BCUT2D eigenvalue weighted by molar-refractivity contribution is 5.15. The molecule has 0 heterocycles. The molecular weight excluding hydrogens is 244 g/mol. The van der Waals surface area contributed by atoms with Gasteiger partial charge in [-0.1, -0.05) is 59.3 Å². The molecule has 20 heavy (non-hydrogen) atoms. The van der Waals surface area contributed by atoms with Crippen molar-refractivity contribution in [3.8, 4) is 6.07 Å². The summed E-state index contributed by atoms with van der Waals surface area (Å²) in [5.41, 5.74) is -0.0562. The van der Waals surface area contributed by atoms with Crippen molar-refractivity contribution in [3.63, 3.8) is 0 Å². The average Bonchev–Trinajstić information content (AvgIpc) is 2.66. The van der Waals surface area contributed by atoms with Crippen LogP contribution in [-0.4, -0.2) is 11.6 Å². The maximum Gasteiger partial charge on any atom is 0.110 e. The van der Waals surface area contributed by atoms with Gasteiger partial charge in [0, 0.05) is 6.04 Å². The summed E-state index contributed by atoms with van der Waals surface area (Å²) in [4.78, 5) is 0. The van der Waals surface area contributed by atoms with Crippen molar-refractivity contribution < 1.29 is 0 Å². The summed E-state index contributed by atoms with van der Waals surface area (Å²) < 4.78 is 0. The molecule has 0 amide bonds. The van der Waals surface area contributed by atoms with Gasteiger partial charge in [0.15, 0.2) is 0 Å². The topological polar surface area (TPSA) is 35.8 Å². The quantitative estimate of drug-likeness (QED) is 0.735. The zero-order valence-corrected chi connectivity index (χ0v) is 13.7. The fraction of sp³-hybridized carbons (Fsp3) is 0.944. The van der Waals surface area contributed by atoms with Crippen LogP contribution in [0.1, 0.15) is 85.0 Å². The van der Waals surface area contributed by atoms with Gasteiger partial charge in [0.2, 0.25) is 0 Å². The summed E-state index contributed by atoms with van der Waals surface area (Å²) in [5.74, 6) is 0.483. The Hall–Kier alpha value is -0.550. The van der Waals surface area contributed by atoms with E-state index in [-0.39, 0.29) is 11.0 Å². The zero-order chi connectivity index (χ0) is 14.6. The minimum absolute atomic E-state index is 0.216. The molecule has 2 aliphatic rings. The Morgan fingerprint density at radius 1 is 0.950 bits per heavy atom. The molecule has 0 aromatic rings. The van der Waals surface area contributed by atoms with Gasteiger partial charge in [-0.25, -0.2) is 0 Å². The van der Waals surface area contributed by atoms with E-state index in [2.05, 4.69) is 32.2 Å². The normalized spacial score (nSPS) is 33.4. The van der Waals surface area contributed by atoms with E-state index < -0.39 is 0 Å². The first-order valence-electron chi connectivity index (χ1n) is 8.67. The first-order chi connectivity index (χ1) is 9.48. The van der Waals surface area contributed by atoms with Crippen LogP contribution in [0.4, 0.5) is 0 Å². The Kier molecular flexibility index (Phi) is 5.13. The summed E-state index contributed by atoms with van der Waals surface area (Å²) in [6, 6.07) is 3.30. The van der Waals surface area contributed by atoms with Gasteiger partial charge in [0.05, 0.1) is 6.07 Å². The number of rotatable bonds is 2. The first-order valence-corrected chi connectivity index (χ1v) is 8.67. The Morgan fingerprint density at radius 2 is 1.55 bits per heavy atom. The highest BCUT2D eigenvalue weighted by Crippen LogP contribution is 2.44. The molecule has 0 aromatic carbocycles. The molecule has 2 aliphatic carbocycles. The molecular formula is C18H32N2. The van der Waals surface area contributed by atoms with Crippen molar-refractivity contribution in [3.05, 3.63) is 0 Å². The van der Waals surface area contributed by atoms with Crippen LogP contribution in [0.15, 0.2) is 0 Å². The second-order valence-corrected chi connectivity index (χ2v) is 8.08. The molecule has 2 saturated carbocycles. The van der Waals surface area contributed by atoms with Crippen molar-refractivity contribution in [2.24, 2.45) is 11.3 Å². The maximum absolute atomic E-state index is 9.96. The minimum atomic E-state index is -0.272. The smallest absolute Gasteiger partial charge is 0.110 e. The van der Waals surface area contributed by atoms with Gasteiger partial charge in [-0.2, -0.15) is 5.26 Å². The molecule has 0 aromatic heterocycles. The van der Waals surface area contributed by atoms with Crippen molar-refractivity contribution in [1.82, 2.24) is 5.32 Å². The summed E-state index contributed by atoms with van der Waals surface area (Å²) >= 11 is 0. The number of hydrogen-bond donors (Lipinski definition) is 1. The molecule has 2 unspecified atom stereocenters. The molecule has 0 saturated heterocycles. The second-order valence-electron chi connectivity index (χ2n) is 8.08. The van der Waals surface area contributed by atoms with Gasteiger partial charge in [-0.05, 0) is 37.0 Å². The van der Waals surface area contributed by atoms with Crippen LogP contribution in [0.5, 0.6) is 0 Å². The predicted molar refractivity (Wildman–Crippen MR) is 84.4 cm³/mol. The van der Waals surface area contributed by atoms with Gasteiger partial charge in [0.25, 0.3) is 0 Å². The first kappa shape index (κ1) is 15.8. The van der Waals surface area contributed by atoms with E-state index in [9.17, 15) is 5.26 Å². The van der Waals surface area contributed by atoms with Crippen molar-refractivity contribution in [1.29, 1.82) is 5.26 Å². The van der Waals surface area contributed by atoms with Gasteiger partial charge in [0.1, 0.15) is 5.54 Å². The van der Waals surface area contributed by atoms with Gasteiger partial charge >= 0.3 is 0 Å². The second kappa shape index (κ2) is 6.48. The Bertz CT molecular complexity index is 341. The molecule has 2 fully saturated rings. The van der Waals surface area contributed by atoms with Gasteiger partial charge in [-0.15, -0.1) is 0 Å². The molecule has 2 atom stereocenters. The number of nitriles is 1. The summed E-state index contributed by atoms with van der Waals surface area (Å²) in [6.45, 7) is 6.93.